The summed E-state index contributed by atoms with van der Waals surface area (Å²) in [7, 11) is 0. The van der Waals surface area contributed by atoms with E-state index in [4.69, 9.17) is 0 Å². The van der Waals surface area contributed by atoms with Crippen LogP contribution in [-0.2, 0) is 10.2 Å². The minimum Gasteiger partial charge on any atom is -0.325 e. The third-order valence-corrected chi connectivity index (χ3v) is 3.50. The van der Waals surface area contributed by atoms with Crippen LogP contribution in [0.4, 0.5) is 5.69 Å². The molecule has 2 atom stereocenters. The SMILES string of the molecule is CC=CC1CC12C(=O)Nc1ccccc12. The largest absolute Gasteiger partial charge is 0.325 e. The van der Waals surface area contributed by atoms with Crippen LogP contribution in [0.3, 0.4) is 0 Å². The molecule has 1 amide bonds. The number of fused-ring (bicyclic) bond motifs is 2. The van der Waals surface area contributed by atoms with E-state index in [1.54, 1.807) is 0 Å². The topological polar surface area (TPSA) is 29.1 Å². The average Bonchev–Trinajstić information content (AvgIpc) is 2.87. The van der Waals surface area contributed by atoms with E-state index in [2.05, 4.69) is 17.5 Å². The summed E-state index contributed by atoms with van der Waals surface area (Å²) < 4.78 is 0. The first kappa shape index (κ1) is 8.72. The van der Waals surface area contributed by atoms with Crippen molar-refractivity contribution in [1.29, 1.82) is 0 Å². The summed E-state index contributed by atoms with van der Waals surface area (Å²) in [4.78, 5) is 12.0. The van der Waals surface area contributed by atoms with E-state index >= 15 is 0 Å². The molecule has 1 aliphatic heterocycles. The van der Waals surface area contributed by atoms with Crippen molar-refractivity contribution in [2.24, 2.45) is 5.92 Å². The van der Waals surface area contributed by atoms with Gasteiger partial charge in [0.05, 0.1) is 5.41 Å². The smallest absolute Gasteiger partial charge is 0.235 e. The van der Waals surface area contributed by atoms with Crippen LogP contribution < -0.4 is 5.32 Å². The van der Waals surface area contributed by atoms with Crippen LogP contribution in [0.15, 0.2) is 36.4 Å². The number of anilines is 1. The summed E-state index contributed by atoms with van der Waals surface area (Å²) >= 11 is 0. The number of hydrogen-bond donors (Lipinski definition) is 1. The van der Waals surface area contributed by atoms with Gasteiger partial charge in [0.15, 0.2) is 0 Å². The second kappa shape index (κ2) is 2.72. The minimum absolute atomic E-state index is 0.173. The summed E-state index contributed by atoms with van der Waals surface area (Å²) in [6.07, 6.45) is 5.13. The highest BCUT2D eigenvalue weighted by molar-refractivity contribution is 6.09. The predicted molar refractivity (Wildman–Crippen MR) is 59.7 cm³/mol. The Morgan fingerprint density at radius 2 is 2.27 bits per heavy atom. The van der Waals surface area contributed by atoms with Crippen molar-refractivity contribution >= 4 is 11.6 Å². The lowest BCUT2D eigenvalue weighted by Gasteiger charge is -2.05. The number of rotatable bonds is 1. The molecule has 1 heterocycles. The van der Waals surface area contributed by atoms with E-state index in [0.717, 1.165) is 12.1 Å². The molecule has 0 radical (unpaired) electrons. The molecule has 1 fully saturated rings. The van der Waals surface area contributed by atoms with Gasteiger partial charge in [-0.3, -0.25) is 4.79 Å². The molecule has 1 N–H and O–H groups in total. The number of hydrogen-bond acceptors (Lipinski definition) is 1. The molecule has 76 valence electrons. The zero-order valence-corrected chi connectivity index (χ0v) is 8.66. The second-order valence-electron chi connectivity index (χ2n) is 4.31. The van der Waals surface area contributed by atoms with Crippen LogP contribution in [0, 0.1) is 5.92 Å². The lowest BCUT2D eigenvalue weighted by molar-refractivity contribution is -0.118. The standard InChI is InChI=1S/C13H13NO/c1-2-5-9-8-13(9)10-6-3-4-7-11(10)14-12(13)15/h2-7,9H,8H2,1H3,(H,14,15). The van der Waals surface area contributed by atoms with Gasteiger partial charge in [-0.2, -0.15) is 0 Å². The number of para-hydroxylation sites is 1. The molecule has 0 bridgehead atoms. The van der Waals surface area contributed by atoms with Crippen molar-refractivity contribution in [3.05, 3.63) is 42.0 Å². The molecule has 15 heavy (non-hydrogen) atoms. The third kappa shape index (κ3) is 0.965. The molecule has 1 aliphatic carbocycles. The van der Waals surface area contributed by atoms with Gasteiger partial charge in [-0.15, -0.1) is 0 Å². The van der Waals surface area contributed by atoms with Crippen molar-refractivity contribution in [2.45, 2.75) is 18.8 Å². The van der Waals surface area contributed by atoms with Gasteiger partial charge in [-0.05, 0) is 30.9 Å². The lowest BCUT2D eigenvalue weighted by Crippen LogP contribution is -2.20. The normalized spacial score (nSPS) is 32.1. The first-order valence-electron chi connectivity index (χ1n) is 5.33. The molecule has 0 aromatic heterocycles. The monoisotopic (exact) mass is 199 g/mol. The summed E-state index contributed by atoms with van der Waals surface area (Å²) in [6, 6.07) is 8.01. The van der Waals surface area contributed by atoms with Gasteiger partial charge in [-0.25, -0.2) is 0 Å². The fraction of sp³-hybridized carbons (Fsp3) is 0.308. The van der Waals surface area contributed by atoms with Crippen LogP contribution in [0.1, 0.15) is 18.9 Å². The maximum atomic E-state index is 12.0. The molecule has 1 spiro atoms. The maximum Gasteiger partial charge on any atom is 0.235 e. The van der Waals surface area contributed by atoms with Gasteiger partial charge in [0.1, 0.15) is 0 Å². The lowest BCUT2D eigenvalue weighted by atomic mass is 9.95. The first-order valence-corrected chi connectivity index (χ1v) is 5.33. The Kier molecular flexibility index (Phi) is 1.58. The highest BCUT2D eigenvalue weighted by Gasteiger charge is 2.63. The first-order chi connectivity index (χ1) is 7.29. The molecule has 0 saturated heterocycles. The molecule has 3 rings (SSSR count). The molecule has 1 aromatic rings. The van der Waals surface area contributed by atoms with Gasteiger partial charge < -0.3 is 5.32 Å². The molecule has 1 saturated carbocycles. The highest BCUT2D eigenvalue weighted by atomic mass is 16.2. The summed E-state index contributed by atoms with van der Waals surface area (Å²) in [5, 5.41) is 2.97. The molecular weight excluding hydrogens is 186 g/mol. The van der Waals surface area contributed by atoms with Crippen LogP contribution in [0.2, 0.25) is 0 Å². The van der Waals surface area contributed by atoms with E-state index in [-0.39, 0.29) is 11.3 Å². The predicted octanol–water partition coefficient (Wildman–Crippen LogP) is 2.47. The van der Waals surface area contributed by atoms with Crippen LogP contribution in [-0.4, -0.2) is 5.91 Å². The Hall–Kier alpha value is -1.57. The van der Waals surface area contributed by atoms with Crippen molar-refractivity contribution in [1.82, 2.24) is 0 Å². The van der Waals surface area contributed by atoms with Crippen molar-refractivity contribution < 1.29 is 4.79 Å². The van der Waals surface area contributed by atoms with Crippen LogP contribution in [0.5, 0.6) is 0 Å². The quantitative estimate of drug-likeness (QED) is 0.692. The van der Waals surface area contributed by atoms with E-state index in [1.165, 1.54) is 5.56 Å². The third-order valence-electron chi connectivity index (χ3n) is 3.50. The molecule has 1 aromatic carbocycles. The van der Waals surface area contributed by atoms with Crippen molar-refractivity contribution in [2.75, 3.05) is 5.32 Å². The number of nitrogens with one attached hydrogen (secondary N) is 1. The number of amides is 1. The number of allylic oxidation sites excluding steroid dienone is 2. The summed E-state index contributed by atoms with van der Waals surface area (Å²) in [6.45, 7) is 2.00. The number of carbonyl (C=O) groups is 1. The summed E-state index contributed by atoms with van der Waals surface area (Å²) in [5.74, 6) is 0.568. The van der Waals surface area contributed by atoms with Gasteiger partial charge in [0.2, 0.25) is 5.91 Å². The molecular formula is C13H13NO. The van der Waals surface area contributed by atoms with E-state index in [9.17, 15) is 4.79 Å². The van der Waals surface area contributed by atoms with Crippen LogP contribution >= 0.6 is 0 Å². The minimum atomic E-state index is -0.233. The maximum absolute atomic E-state index is 12.0. The average molecular weight is 199 g/mol. The Morgan fingerprint density at radius 1 is 1.47 bits per heavy atom. The molecule has 2 heteroatoms. The fourth-order valence-electron chi connectivity index (χ4n) is 2.66. The Balaban J connectivity index is 2.09. The molecule has 2 nitrogen and oxygen atoms in total. The Bertz CT molecular complexity index is 463. The van der Waals surface area contributed by atoms with E-state index in [1.807, 2.05) is 31.2 Å². The van der Waals surface area contributed by atoms with Crippen molar-refractivity contribution in [3.8, 4) is 0 Å². The highest BCUT2D eigenvalue weighted by Crippen LogP contribution is 2.60. The fourth-order valence-corrected chi connectivity index (χ4v) is 2.66. The van der Waals surface area contributed by atoms with Gasteiger partial charge in [0.25, 0.3) is 0 Å². The molecule has 2 aliphatic rings. The second-order valence-corrected chi connectivity index (χ2v) is 4.31. The van der Waals surface area contributed by atoms with Gasteiger partial charge >= 0.3 is 0 Å². The summed E-state index contributed by atoms with van der Waals surface area (Å²) in [5.41, 5.74) is 1.94. The Labute approximate surface area is 89.0 Å². The number of carbonyl (C=O) groups excluding carboxylic acids is 1. The van der Waals surface area contributed by atoms with E-state index in [0.29, 0.717) is 5.92 Å². The van der Waals surface area contributed by atoms with Crippen LogP contribution in [0.25, 0.3) is 0 Å². The Morgan fingerprint density at radius 3 is 3.07 bits per heavy atom. The number of benzene rings is 1. The van der Waals surface area contributed by atoms with E-state index < -0.39 is 0 Å². The van der Waals surface area contributed by atoms with Gasteiger partial charge in [-0.1, -0.05) is 30.4 Å². The zero-order chi connectivity index (χ0) is 10.5. The van der Waals surface area contributed by atoms with Gasteiger partial charge in [0, 0.05) is 5.69 Å². The van der Waals surface area contributed by atoms with Crippen molar-refractivity contribution in [3.63, 3.8) is 0 Å². The zero-order valence-electron chi connectivity index (χ0n) is 8.66. The molecule has 2 unspecified atom stereocenters.